The van der Waals surface area contributed by atoms with Crippen molar-refractivity contribution in [1.82, 2.24) is 0 Å². The summed E-state index contributed by atoms with van der Waals surface area (Å²) in [6.45, 7) is 2.25. The molecule has 0 aliphatic heterocycles. The molecule has 2 aliphatic carbocycles. The molecule has 0 aromatic carbocycles. The van der Waals surface area contributed by atoms with Gasteiger partial charge in [-0.3, -0.25) is 0 Å². The second-order valence-corrected chi connectivity index (χ2v) is 3.37. The fourth-order valence-electron chi connectivity index (χ4n) is 1.58. The van der Waals surface area contributed by atoms with Crippen LogP contribution >= 0.6 is 0 Å². The fraction of sp³-hybridized carbons (Fsp3) is 0.636. The molecule has 1 heteroatoms. The Balaban J connectivity index is 0.000000336. The molecular weight excluding hydrogens is 146 g/mol. The Kier molecular flexibility index (Phi) is 3.54. The van der Waals surface area contributed by atoms with E-state index in [9.17, 15) is 0 Å². The second-order valence-electron chi connectivity index (χ2n) is 3.37. The summed E-state index contributed by atoms with van der Waals surface area (Å²) in [5, 5.41) is 0. The Hall–Kier alpha value is -0.560. The zero-order chi connectivity index (χ0) is 8.97. The number of hydrogen-bond donors (Lipinski definition) is 1. The van der Waals surface area contributed by atoms with Crippen LogP contribution in [0.1, 0.15) is 32.6 Å². The van der Waals surface area contributed by atoms with Crippen LogP contribution in [-0.2, 0) is 0 Å². The Morgan fingerprint density at radius 2 is 2.00 bits per heavy atom. The molecule has 0 bridgehead atoms. The lowest BCUT2D eigenvalue weighted by molar-refractivity contribution is 0.912. The van der Waals surface area contributed by atoms with Crippen molar-refractivity contribution in [3.8, 4) is 0 Å². The van der Waals surface area contributed by atoms with Crippen molar-refractivity contribution in [3.63, 3.8) is 0 Å². The topological polar surface area (TPSA) is 26.0 Å². The number of hydrogen-bond acceptors (Lipinski definition) is 1. The highest BCUT2D eigenvalue weighted by atomic mass is 14.4. The van der Waals surface area contributed by atoms with E-state index < -0.39 is 0 Å². The normalized spacial score (nSPS) is 20.9. The van der Waals surface area contributed by atoms with Gasteiger partial charge in [0.15, 0.2) is 0 Å². The Labute approximate surface area is 75.3 Å². The molecule has 0 aromatic heterocycles. The number of rotatable bonds is 2. The maximum Gasteiger partial charge on any atom is -0.00995 e. The SMILES string of the molecule is CCC1=CC=C(C2CC2)C1.CN. The van der Waals surface area contributed by atoms with Gasteiger partial charge in [-0.25, -0.2) is 0 Å². The van der Waals surface area contributed by atoms with Crippen LogP contribution in [0.15, 0.2) is 23.3 Å². The van der Waals surface area contributed by atoms with E-state index in [0.717, 1.165) is 5.92 Å². The predicted octanol–water partition coefficient (Wildman–Crippen LogP) is 2.64. The highest BCUT2D eigenvalue weighted by molar-refractivity contribution is 5.33. The first kappa shape index (κ1) is 9.53. The van der Waals surface area contributed by atoms with Crippen LogP contribution in [0.3, 0.4) is 0 Å². The molecule has 0 radical (unpaired) electrons. The molecule has 1 nitrogen and oxygen atoms in total. The molecule has 0 amide bonds. The molecule has 0 aromatic rings. The highest BCUT2D eigenvalue weighted by Crippen LogP contribution is 2.41. The predicted molar refractivity (Wildman–Crippen MR) is 53.9 cm³/mol. The van der Waals surface area contributed by atoms with Crippen LogP contribution in [0.25, 0.3) is 0 Å². The van der Waals surface area contributed by atoms with Crippen molar-refractivity contribution in [2.24, 2.45) is 11.7 Å². The average Bonchev–Trinajstić information content (AvgIpc) is 2.88. The van der Waals surface area contributed by atoms with Crippen molar-refractivity contribution < 1.29 is 0 Å². The summed E-state index contributed by atoms with van der Waals surface area (Å²) in [6, 6.07) is 0. The largest absolute Gasteiger partial charge is 0.333 e. The molecule has 0 atom stereocenters. The quantitative estimate of drug-likeness (QED) is 0.668. The van der Waals surface area contributed by atoms with Crippen LogP contribution in [0.2, 0.25) is 0 Å². The lowest BCUT2D eigenvalue weighted by Gasteiger charge is -1.99. The summed E-state index contributed by atoms with van der Waals surface area (Å²) in [6.07, 6.45) is 10.1. The molecule has 2 N–H and O–H groups in total. The van der Waals surface area contributed by atoms with Crippen molar-refractivity contribution in [1.29, 1.82) is 0 Å². The second kappa shape index (κ2) is 4.46. The van der Waals surface area contributed by atoms with Gasteiger partial charge in [0.2, 0.25) is 0 Å². The van der Waals surface area contributed by atoms with Gasteiger partial charge in [0, 0.05) is 0 Å². The minimum atomic E-state index is 0.986. The summed E-state index contributed by atoms with van der Waals surface area (Å²) in [4.78, 5) is 0. The minimum absolute atomic E-state index is 0.986. The van der Waals surface area contributed by atoms with Gasteiger partial charge < -0.3 is 5.73 Å². The first-order valence-corrected chi connectivity index (χ1v) is 4.86. The summed E-state index contributed by atoms with van der Waals surface area (Å²) >= 11 is 0. The number of nitrogens with two attached hydrogens (primary N) is 1. The van der Waals surface area contributed by atoms with Gasteiger partial charge in [-0.05, 0) is 38.6 Å². The standard InChI is InChI=1S/C10H14.CH5N/c1-2-8-3-4-10(7-8)9-5-6-9;1-2/h3-4,9H,2,5-7H2,1H3;2H2,1H3. The number of allylic oxidation sites excluding steroid dienone is 4. The molecule has 2 aliphatic rings. The Morgan fingerprint density at radius 1 is 1.33 bits per heavy atom. The summed E-state index contributed by atoms with van der Waals surface area (Å²) in [5.74, 6) is 0.986. The molecule has 0 unspecified atom stereocenters. The summed E-state index contributed by atoms with van der Waals surface area (Å²) in [7, 11) is 1.50. The van der Waals surface area contributed by atoms with Gasteiger partial charge >= 0.3 is 0 Å². The monoisotopic (exact) mass is 165 g/mol. The van der Waals surface area contributed by atoms with Gasteiger partial charge in [0.05, 0.1) is 0 Å². The van der Waals surface area contributed by atoms with E-state index in [-0.39, 0.29) is 0 Å². The lowest BCUT2D eigenvalue weighted by atomic mass is 10.1. The van der Waals surface area contributed by atoms with Crippen molar-refractivity contribution in [3.05, 3.63) is 23.3 Å². The van der Waals surface area contributed by atoms with Gasteiger partial charge in [0.25, 0.3) is 0 Å². The smallest absolute Gasteiger partial charge is 0.00995 e. The van der Waals surface area contributed by atoms with E-state index in [1.807, 2.05) is 0 Å². The van der Waals surface area contributed by atoms with Gasteiger partial charge in [-0.1, -0.05) is 30.2 Å². The Bertz CT molecular complexity index is 197. The van der Waals surface area contributed by atoms with Crippen LogP contribution < -0.4 is 5.73 Å². The molecule has 0 heterocycles. The zero-order valence-electron chi connectivity index (χ0n) is 8.14. The molecule has 2 rings (SSSR count). The van der Waals surface area contributed by atoms with Crippen molar-refractivity contribution >= 4 is 0 Å². The zero-order valence-corrected chi connectivity index (χ0v) is 8.14. The van der Waals surface area contributed by atoms with E-state index in [1.165, 1.54) is 32.7 Å². The van der Waals surface area contributed by atoms with Gasteiger partial charge in [0.1, 0.15) is 0 Å². The maximum atomic E-state index is 4.50. The first-order chi connectivity index (χ1) is 5.90. The minimum Gasteiger partial charge on any atom is -0.333 e. The van der Waals surface area contributed by atoms with Crippen molar-refractivity contribution in [2.45, 2.75) is 32.6 Å². The van der Waals surface area contributed by atoms with Gasteiger partial charge in [-0.2, -0.15) is 0 Å². The molecule has 1 saturated carbocycles. The third-order valence-corrected chi connectivity index (χ3v) is 2.52. The average molecular weight is 165 g/mol. The maximum absolute atomic E-state index is 4.50. The fourth-order valence-corrected chi connectivity index (χ4v) is 1.58. The molecule has 0 saturated heterocycles. The van der Waals surface area contributed by atoms with Crippen LogP contribution in [0.5, 0.6) is 0 Å². The molecule has 12 heavy (non-hydrogen) atoms. The first-order valence-electron chi connectivity index (χ1n) is 4.86. The van der Waals surface area contributed by atoms with Crippen molar-refractivity contribution in [2.75, 3.05) is 7.05 Å². The molecule has 0 spiro atoms. The third-order valence-electron chi connectivity index (χ3n) is 2.52. The third kappa shape index (κ3) is 2.21. The van der Waals surface area contributed by atoms with E-state index in [0.29, 0.717) is 0 Å². The molecule has 1 fully saturated rings. The van der Waals surface area contributed by atoms with Crippen LogP contribution in [0.4, 0.5) is 0 Å². The van der Waals surface area contributed by atoms with Crippen LogP contribution in [-0.4, -0.2) is 7.05 Å². The molecular formula is C11H19N. The van der Waals surface area contributed by atoms with Gasteiger partial charge in [-0.15, -0.1) is 0 Å². The lowest BCUT2D eigenvalue weighted by Crippen LogP contribution is -1.82. The van der Waals surface area contributed by atoms with E-state index in [2.05, 4.69) is 24.8 Å². The van der Waals surface area contributed by atoms with E-state index in [1.54, 1.807) is 11.1 Å². The summed E-state index contributed by atoms with van der Waals surface area (Å²) < 4.78 is 0. The summed E-state index contributed by atoms with van der Waals surface area (Å²) in [5.41, 5.74) is 7.83. The molecule has 68 valence electrons. The van der Waals surface area contributed by atoms with Crippen LogP contribution in [0, 0.1) is 5.92 Å². The Morgan fingerprint density at radius 3 is 2.42 bits per heavy atom. The highest BCUT2D eigenvalue weighted by Gasteiger charge is 2.26. The van der Waals surface area contributed by atoms with E-state index in [4.69, 9.17) is 0 Å². The van der Waals surface area contributed by atoms with E-state index >= 15 is 0 Å².